The van der Waals surface area contributed by atoms with Crippen LogP contribution in [0.4, 0.5) is 13.2 Å². The van der Waals surface area contributed by atoms with Gasteiger partial charge in [0.1, 0.15) is 17.3 Å². The van der Waals surface area contributed by atoms with E-state index in [0.29, 0.717) is 36.0 Å². The van der Waals surface area contributed by atoms with Gasteiger partial charge in [-0.25, -0.2) is 13.4 Å². The molecule has 4 rings (SSSR count). The summed E-state index contributed by atoms with van der Waals surface area (Å²) in [5.41, 5.74) is -5.32. The van der Waals surface area contributed by atoms with E-state index in [4.69, 9.17) is 4.74 Å². The fourth-order valence-electron chi connectivity index (χ4n) is 3.69. The Morgan fingerprint density at radius 1 is 1.16 bits per heavy atom. The Bertz CT molecular complexity index is 1420. The number of phenolic OH excluding ortho intramolecular Hbond substituents is 1. The maximum absolute atomic E-state index is 12.9. The van der Waals surface area contributed by atoms with Crippen LogP contribution in [-0.2, 0) is 21.7 Å². The highest BCUT2D eigenvalue weighted by molar-refractivity contribution is 7.92. The first kappa shape index (κ1) is 22.1. The Morgan fingerprint density at radius 2 is 1.84 bits per heavy atom. The van der Waals surface area contributed by atoms with Crippen molar-refractivity contribution in [2.75, 3.05) is 6.61 Å². The van der Waals surface area contributed by atoms with Gasteiger partial charge < -0.3 is 14.8 Å². The molecule has 2 N–H and O–H groups in total. The minimum atomic E-state index is -5.62. The van der Waals surface area contributed by atoms with Crippen LogP contribution in [0.25, 0.3) is 22.3 Å². The number of halogens is 3. The number of hydrogen-bond donors (Lipinski definition) is 2. The van der Waals surface area contributed by atoms with Gasteiger partial charge >= 0.3 is 5.51 Å². The van der Waals surface area contributed by atoms with Gasteiger partial charge in [0.05, 0.1) is 28.0 Å². The number of nitrogens with zero attached hydrogens (tertiary/aromatic N) is 1. The predicted molar refractivity (Wildman–Crippen MR) is 111 cm³/mol. The van der Waals surface area contributed by atoms with Crippen molar-refractivity contribution in [3.05, 3.63) is 45.7 Å². The van der Waals surface area contributed by atoms with Crippen molar-refractivity contribution in [2.24, 2.45) is 0 Å². The van der Waals surface area contributed by atoms with Crippen molar-refractivity contribution in [1.82, 2.24) is 9.97 Å². The number of phenols is 1. The van der Waals surface area contributed by atoms with E-state index in [0.717, 1.165) is 12.1 Å². The lowest BCUT2D eigenvalue weighted by molar-refractivity contribution is -0.0435. The summed E-state index contributed by atoms with van der Waals surface area (Å²) in [4.78, 5) is 18.4. The molecule has 0 amide bonds. The van der Waals surface area contributed by atoms with E-state index < -0.39 is 31.2 Å². The van der Waals surface area contributed by atoms with E-state index >= 15 is 0 Å². The average Bonchev–Trinajstić information content (AvgIpc) is 3.13. The van der Waals surface area contributed by atoms with Gasteiger partial charge in [-0.2, -0.15) is 13.2 Å². The number of benzene rings is 2. The molecule has 0 radical (unpaired) electrons. The number of alkyl halides is 3. The van der Waals surface area contributed by atoms with Gasteiger partial charge in [0, 0.05) is 17.5 Å². The summed E-state index contributed by atoms with van der Waals surface area (Å²) >= 11 is 0. The Balaban J connectivity index is 1.96. The van der Waals surface area contributed by atoms with Crippen LogP contribution >= 0.6 is 0 Å². The number of fused-ring (bicyclic) bond motifs is 2. The smallest absolute Gasteiger partial charge is 0.501 e. The van der Waals surface area contributed by atoms with Crippen LogP contribution in [0.1, 0.15) is 31.9 Å². The number of nitrogens with one attached hydrogen (secondary N) is 1. The molecule has 0 unspecified atom stereocenters. The zero-order valence-electron chi connectivity index (χ0n) is 17.3. The molecule has 2 aromatic carbocycles. The van der Waals surface area contributed by atoms with Gasteiger partial charge in [-0.05, 0) is 29.7 Å². The summed E-state index contributed by atoms with van der Waals surface area (Å²) in [6.07, 6.45) is 0.465. The highest BCUT2D eigenvalue weighted by Crippen LogP contribution is 2.46. The SMILES string of the molecule is CC(C)(C)c1cc2c(c(-c3nc4ccc(S(=O)(=O)C(F)(F)F)cc4c(=O)[nH]3)c1O)CCO2. The van der Waals surface area contributed by atoms with E-state index in [9.17, 15) is 31.5 Å². The number of H-pyrrole nitrogens is 1. The minimum absolute atomic E-state index is 0.0132. The van der Waals surface area contributed by atoms with Crippen LogP contribution in [0, 0.1) is 0 Å². The average molecular weight is 468 g/mol. The zero-order chi connectivity index (χ0) is 23.6. The van der Waals surface area contributed by atoms with Crippen molar-refractivity contribution < 1.29 is 31.4 Å². The lowest BCUT2D eigenvalue weighted by atomic mass is 9.83. The second-order valence-electron chi connectivity index (χ2n) is 8.52. The normalized spacial score (nSPS) is 14.4. The van der Waals surface area contributed by atoms with Crippen LogP contribution < -0.4 is 10.3 Å². The lowest BCUT2D eigenvalue weighted by Gasteiger charge is -2.23. The highest BCUT2D eigenvalue weighted by Gasteiger charge is 2.47. The van der Waals surface area contributed by atoms with Crippen LogP contribution in [0.2, 0.25) is 0 Å². The summed E-state index contributed by atoms with van der Waals surface area (Å²) < 4.78 is 67.7. The maximum Gasteiger partial charge on any atom is 0.501 e. The van der Waals surface area contributed by atoms with Crippen molar-refractivity contribution in [3.63, 3.8) is 0 Å². The summed E-state index contributed by atoms with van der Waals surface area (Å²) in [6, 6.07) is 4.18. The van der Waals surface area contributed by atoms with Crippen LogP contribution in [0.3, 0.4) is 0 Å². The molecule has 1 aromatic heterocycles. The van der Waals surface area contributed by atoms with Crippen molar-refractivity contribution in [1.29, 1.82) is 0 Å². The van der Waals surface area contributed by atoms with Gasteiger partial charge in [-0.1, -0.05) is 20.8 Å². The fraction of sp³-hybridized carbons (Fsp3) is 0.333. The zero-order valence-corrected chi connectivity index (χ0v) is 18.1. The predicted octanol–water partition coefficient (Wildman–Crippen LogP) is 3.82. The van der Waals surface area contributed by atoms with E-state index in [2.05, 4.69) is 9.97 Å². The number of rotatable bonds is 2. The molecule has 1 aliphatic rings. The molecule has 11 heteroatoms. The number of ether oxygens (including phenoxy) is 1. The standard InChI is InChI=1S/C21H19F3N2O5S/c1-20(2,3)13-9-15-11(6-7-31-15)16(17(13)27)18-25-14-5-4-10(8-12(14)19(28)26-18)32(29,30)21(22,23)24/h4-5,8-9,27H,6-7H2,1-3H3,(H,25,26,28). The molecule has 0 aliphatic carbocycles. The van der Waals surface area contributed by atoms with E-state index in [1.807, 2.05) is 20.8 Å². The first-order chi connectivity index (χ1) is 14.7. The first-order valence-electron chi connectivity index (χ1n) is 9.60. The molecule has 170 valence electrons. The lowest BCUT2D eigenvalue weighted by Crippen LogP contribution is -2.23. The molecule has 0 fully saturated rings. The molecule has 0 saturated carbocycles. The number of aromatic nitrogens is 2. The largest absolute Gasteiger partial charge is 0.507 e. The molecule has 0 saturated heterocycles. The highest BCUT2D eigenvalue weighted by atomic mass is 32.2. The number of aromatic hydroxyl groups is 1. The minimum Gasteiger partial charge on any atom is -0.507 e. The molecular formula is C21H19F3N2O5S. The summed E-state index contributed by atoms with van der Waals surface area (Å²) in [5.74, 6) is 0.483. The Hall–Kier alpha value is -3.08. The number of aromatic amines is 1. The van der Waals surface area contributed by atoms with Crippen molar-refractivity contribution in [2.45, 2.75) is 43.0 Å². The molecule has 7 nitrogen and oxygen atoms in total. The topological polar surface area (TPSA) is 109 Å². The Labute approximate surface area is 180 Å². The molecule has 3 aromatic rings. The van der Waals surface area contributed by atoms with Crippen LogP contribution in [0.5, 0.6) is 11.5 Å². The summed E-state index contributed by atoms with van der Waals surface area (Å²) in [5, 5.41) is 10.7. The Morgan fingerprint density at radius 3 is 2.47 bits per heavy atom. The van der Waals surface area contributed by atoms with Crippen molar-refractivity contribution >= 4 is 20.7 Å². The second kappa shape index (κ2) is 6.96. The quantitative estimate of drug-likeness (QED) is 0.592. The van der Waals surface area contributed by atoms with Crippen molar-refractivity contribution in [3.8, 4) is 22.9 Å². The van der Waals surface area contributed by atoms with E-state index in [-0.39, 0.29) is 28.0 Å². The van der Waals surface area contributed by atoms with Gasteiger partial charge in [0.2, 0.25) is 0 Å². The Kier molecular flexibility index (Phi) is 4.81. The number of sulfone groups is 1. The van der Waals surface area contributed by atoms with Gasteiger partial charge in [-0.15, -0.1) is 0 Å². The van der Waals surface area contributed by atoms with Gasteiger partial charge in [0.15, 0.2) is 0 Å². The summed E-state index contributed by atoms with van der Waals surface area (Å²) in [6.45, 7) is 6.07. The third-order valence-electron chi connectivity index (χ3n) is 5.31. The molecular weight excluding hydrogens is 449 g/mol. The molecule has 0 atom stereocenters. The molecule has 2 heterocycles. The molecule has 0 bridgehead atoms. The van der Waals surface area contributed by atoms with E-state index in [1.165, 1.54) is 0 Å². The first-order valence-corrected chi connectivity index (χ1v) is 11.1. The molecule has 0 spiro atoms. The van der Waals surface area contributed by atoms with Gasteiger partial charge in [-0.3, -0.25) is 4.79 Å². The van der Waals surface area contributed by atoms with E-state index in [1.54, 1.807) is 6.07 Å². The van der Waals surface area contributed by atoms with Crippen LogP contribution in [-0.4, -0.2) is 35.6 Å². The fourth-order valence-corrected chi connectivity index (χ4v) is 4.48. The monoisotopic (exact) mass is 468 g/mol. The summed E-state index contributed by atoms with van der Waals surface area (Å²) in [7, 11) is -5.62. The second-order valence-corrected chi connectivity index (χ2v) is 10.5. The van der Waals surface area contributed by atoms with Gasteiger partial charge in [0.25, 0.3) is 15.4 Å². The van der Waals surface area contributed by atoms with Crippen LogP contribution in [0.15, 0.2) is 34.0 Å². The molecule has 32 heavy (non-hydrogen) atoms. The third kappa shape index (κ3) is 3.40. The number of hydrogen-bond acceptors (Lipinski definition) is 6. The molecule has 1 aliphatic heterocycles. The third-order valence-corrected chi connectivity index (χ3v) is 6.80. The maximum atomic E-state index is 12.9.